The van der Waals surface area contributed by atoms with Crippen molar-refractivity contribution in [2.75, 3.05) is 37.7 Å². The third-order valence-corrected chi connectivity index (χ3v) is 9.38. The molecule has 4 amide bonds. The maximum absolute atomic E-state index is 14.5. The first-order chi connectivity index (χ1) is 23.1. The Morgan fingerprint density at radius 1 is 0.854 bits per heavy atom. The number of fused-ring (bicyclic) bond motifs is 2. The molecule has 244 valence electrons. The minimum Gasteiger partial charge on any atom is -0.497 e. The van der Waals surface area contributed by atoms with Crippen molar-refractivity contribution in [3.05, 3.63) is 98.7 Å². The Hall–Kier alpha value is -5.36. The fraction of sp³-hybridized carbons (Fsp3) is 0.222. The van der Waals surface area contributed by atoms with Crippen LogP contribution in [0, 0.1) is 0 Å². The lowest BCUT2D eigenvalue weighted by atomic mass is 9.91. The molecule has 4 aromatic rings. The molecule has 7 rings (SSSR count). The SMILES string of the molecule is COc1ccc(-c2cc(=O)c3c(OC)c(C4C=C(C)CC5CN(c6cc(Br)ccc6N6C(=O)C=CC6=O)C(=O)N54)c(OC)cc3o2)cc1. The number of imide groups is 1. The molecule has 1 saturated heterocycles. The van der Waals surface area contributed by atoms with Gasteiger partial charge in [0.25, 0.3) is 11.8 Å². The number of benzene rings is 3. The standard InChI is InChI=1S/C36H30BrN3O8/c1-19-13-22-18-38(25-15-21(37)7-10-24(25)40-31(42)11-12-32(40)43)36(44)39(22)26(14-19)33-29(46-3)17-30-34(35(33)47-4)27(41)16-28(48-30)20-5-8-23(45-2)9-6-20/h5-12,14-17,22,26H,13,18H2,1-4H3. The lowest BCUT2D eigenvalue weighted by Crippen LogP contribution is -2.40. The monoisotopic (exact) mass is 711 g/mol. The van der Waals surface area contributed by atoms with E-state index in [2.05, 4.69) is 15.9 Å². The van der Waals surface area contributed by atoms with Crippen molar-refractivity contribution in [1.82, 2.24) is 4.90 Å². The van der Waals surface area contributed by atoms with Gasteiger partial charge >= 0.3 is 6.03 Å². The van der Waals surface area contributed by atoms with Crippen molar-refractivity contribution < 1.29 is 33.0 Å². The fourth-order valence-electron chi connectivity index (χ4n) is 6.77. The van der Waals surface area contributed by atoms with Crippen LogP contribution in [0.3, 0.4) is 0 Å². The van der Waals surface area contributed by atoms with Gasteiger partial charge in [-0.15, -0.1) is 0 Å². The Morgan fingerprint density at radius 3 is 2.25 bits per heavy atom. The van der Waals surface area contributed by atoms with Gasteiger partial charge in [-0.3, -0.25) is 19.3 Å². The van der Waals surface area contributed by atoms with Crippen molar-refractivity contribution in [2.45, 2.75) is 25.4 Å². The molecule has 1 aromatic heterocycles. The summed E-state index contributed by atoms with van der Waals surface area (Å²) in [6.07, 6.45) is 4.98. The number of carbonyl (C=O) groups excluding carboxylic acids is 3. The van der Waals surface area contributed by atoms with Gasteiger partial charge in [0, 0.05) is 40.9 Å². The van der Waals surface area contributed by atoms with Gasteiger partial charge in [0.2, 0.25) is 0 Å². The molecule has 12 heteroatoms. The maximum Gasteiger partial charge on any atom is 0.325 e. The zero-order chi connectivity index (χ0) is 33.9. The molecule has 11 nitrogen and oxygen atoms in total. The van der Waals surface area contributed by atoms with E-state index in [4.69, 9.17) is 18.6 Å². The molecule has 0 saturated carbocycles. The number of methoxy groups -OCH3 is 3. The summed E-state index contributed by atoms with van der Waals surface area (Å²) in [5, 5.41) is 0.218. The van der Waals surface area contributed by atoms with E-state index >= 15 is 0 Å². The van der Waals surface area contributed by atoms with E-state index in [1.165, 1.54) is 32.4 Å². The molecule has 1 fully saturated rings. The van der Waals surface area contributed by atoms with Crippen LogP contribution in [0.15, 0.2) is 92.1 Å². The molecule has 0 bridgehead atoms. The Balaban J connectivity index is 1.34. The smallest absolute Gasteiger partial charge is 0.325 e. The largest absolute Gasteiger partial charge is 0.497 e. The van der Waals surface area contributed by atoms with Crippen LogP contribution in [-0.2, 0) is 9.59 Å². The average molecular weight is 713 g/mol. The van der Waals surface area contributed by atoms with E-state index in [-0.39, 0.29) is 34.2 Å². The molecule has 0 radical (unpaired) electrons. The van der Waals surface area contributed by atoms with E-state index in [9.17, 15) is 19.2 Å². The van der Waals surface area contributed by atoms with Crippen molar-refractivity contribution in [3.8, 4) is 28.6 Å². The zero-order valence-electron chi connectivity index (χ0n) is 26.5. The Bertz CT molecular complexity index is 2120. The molecule has 4 heterocycles. The van der Waals surface area contributed by atoms with Gasteiger partial charge in [-0.05, 0) is 55.8 Å². The average Bonchev–Trinajstić information content (AvgIpc) is 3.60. The van der Waals surface area contributed by atoms with Crippen LogP contribution in [0.1, 0.15) is 24.9 Å². The Kier molecular flexibility index (Phi) is 7.83. The number of hydrogen-bond acceptors (Lipinski definition) is 8. The predicted octanol–water partition coefficient (Wildman–Crippen LogP) is 6.38. The molecular weight excluding hydrogens is 682 g/mol. The van der Waals surface area contributed by atoms with Crippen molar-refractivity contribution >= 4 is 56.1 Å². The number of amides is 4. The summed E-state index contributed by atoms with van der Waals surface area (Å²) < 4.78 is 24.0. The highest BCUT2D eigenvalue weighted by atomic mass is 79.9. The highest BCUT2D eigenvalue weighted by Crippen LogP contribution is 2.48. The van der Waals surface area contributed by atoms with Gasteiger partial charge in [0.15, 0.2) is 5.43 Å². The van der Waals surface area contributed by atoms with Crippen LogP contribution in [0.25, 0.3) is 22.3 Å². The maximum atomic E-state index is 14.5. The van der Waals surface area contributed by atoms with Gasteiger partial charge < -0.3 is 23.5 Å². The number of anilines is 2. The third-order valence-electron chi connectivity index (χ3n) is 8.89. The van der Waals surface area contributed by atoms with Crippen LogP contribution in [-0.4, -0.2) is 56.7 Å². The molecule has 48 heavy (non-hydrogen) atoms. The number of urea groups is 1. The minimum atomic E-state index is -0.677. The summed E-state index contributed by atoms with van der Waals surface area (Å²) in [6, 6.07) is 14.0. The van der Waals surface area contributed by atoms with Crippen LogP contribution in [0.2, 0.25) is 0 Å². The molecule has 0 aliphatic carbocycles. The Morgan fingerprint density at radius 2 is 1.58 bits per heavy atom. The first-order valence-electron chi connectivity index (χ1n) is 15.1. The first kappa shape index (κ1) is 31.3. The fourth-order valence-corrected chi connectivity index (χ4v) is 7.12. The van der Waals surface area contributed by atoms with E-state index in [0.29, 0.717) is 57.2 Å². The zero-order valence-corrected chi connectivity index (χ0v) is 28.1. The number of hydrogen-bond donors (Lipinski definition) is 0. The lowest BCUT2D eigenvalue weighted by molar-refractivity contribution is -0.119. The van der Waals surface area contributed by atoms with E-state index in [1.807, 2.05) is 13.0 Å². The normalized spacial score (nSPS) is 18.9. The second-order valence-corrected chi connectivity index (χ2v) is 12.6. The van der Waals surface area contributed by atoms with Crippen LogP contribution in [0.4, 0.5) is 16.2 Å². The van der Waals surface area contributed by atoms with Gasteiger partial charge in [0.1, 0.15) is 34.0 Å². The molecule has 3 aliphatic heterocycles. The second kappa shape index (κ2) is 12.0. The summed E-state index contributed by atoms with van der Waals surface area (Å²) in [5.41, 5.74) is 2.88. The van der Waals surface area contributed by atoms with Gasteiger partial charge in [-0.25, -0.2) is 9.69 Å². The van der Waals surface area contributed by atoms with Gasteiger partial charge in [0.05, 0.1) is 50.4 Å². The summed E-state index contributed by atoms with van der Waals surface area (Å²) >= 11 is 3.49. The predicted molar refractivity (Wildman–Crippen MR) is 183 cm³/mol. The molecular formula is C36H30BrN3O8. The van der Waals surface area contributed by atoms with Crippen LogP contribution < -0.4 is 29.4 Å². The van der Waals surface area contributed by atoms with Crippen LogP contribution >= 0.6 is 15.9 Å². The topological polar surface area (TPSA) is 119 Å². The second-order valence-electron chi connectivity index (χ2n) is 11.7. The summed E-state index contributed by atoms with van der Waals surface area (Å²) in [7, 11) is 4.56. The van der Waals surface area contributed by atoms with Crippen molar-refractivity contribution in [1.29, 1.82) is 0 Å². The highest BCUT2D eigenvalue weighted by Gasteiger charge is 2.47. The third kappa shape index (κ3) is 5.03. The molecule has 2 unspecified atom stereocenters. The summed E-state index contributed by atoms with van der Waals surface area (Å²) in [5.74, 6) is 0.678. The van der Waals surface area contributed by atoms with Crippen molar-refractivity contribution in [2.24, 2.45) is 0 Å². The molecule has 0 N–H and O–H groups in total. The Labute approximate surface area is 283 Å². The van der Waals surface area contributed by atoms with E-state index in [0.717, 1.165) is 10.5 Å². The summed E-state index contributed by atoms with van der Waals surface area (Å²) in [6.45, 7) is 2.28. The number of rotatable bonds is 7. The lowest BCUT2D eigenvalue weighted by Gasteiger charge is -2.36. The minimum absolute atomic E-state index is 0.218. The number of ether oxygens (including phenoxy) is 3. The van der Waals surface area contributed by atoms with Crippen molar-refractivity contribution in [3.63, 3.8) is 0 Å². The van der Waals surface area contributed by atoms with E-state index in [1.54, 1.807) is 65.4 Å². The number of halogens is 1. The quantitative estimate of drug-likeness (QED) is 0.160. The van der Waals surface area contributed by atoms with Crippen LogP contribution in [0.5, 0.6) is 17.2 Å². The molecule has 3 aromatic carbocycles. The molecule has 2 atom stereocenters. The molecule has 3 aliphatic rings. The number of carbonyl (C=O) groups is 3. The first-order valence-corrected chi connectivity index (χ1v) is 15.9. The highest BCUT2D eigenvalue weighted by molar-refractivity contribution is 9.10. The van der Waals surface area contributed by atoms with Gasteiger partial charge in [-0.2, -0.15) is 0 Å². The van der Waals surface area contributed by atoms with Gasteiger partial charge in [-0.1, -0.05) is 27.6 Å². The molecule has 0 spiro atoms. The van der Waals surface area contributed by atoms with E-state index < -0.39 is 17.9 Å². The summed E-state index contributed by atoms with van der Waals surface area (Å²) in [4.78, 5) is 58.0. The number of nitrogens with zero attached hydrogens (tertiary/aromatic N) is 3.